The molecule has 1 saturated heterocycles. The van der Waals surface area contributed by atoms with Crippen molar-refractivity contribution in [3.05, 3.63) is 96.1 Å². The van der Waals surface area contributed by atoms with Gasteiger partial charge in [0, 0.05) is 30.0 Å². The summed E-state index contributed by atoms with van der Waals surface area (Å²) < 4.78 is 41.9. The van der Waals surface area contributed by atoms with Crippen LogP contribution in [0.5, 0.6) is 0 Å². The Hall–Kier alpha value is -4.07. The summed E-state index contributed by atoms with van der Waals surface area (Å²) >= 11 is 1.17. The molecule has 0 bridgehead atoms. The number of para-hydroxylation sites is 1. The molecule has 2 amide bonds. The fraction of sp³-hybridized carbons (Fsp3) is 0.214. The van der Waals surface area contributed by atoms with Crippen molar-refractivity contribution in [1.82, 2.24) is 24.4 Å². The van der Waals surface area contributed by atoms with Crippen LogP contribution in [0.15, 0.2) is 88.9 Å². The van der Waals surface area contributed by atoms with Crippen LogP contribution in [0.25, 0.3) is 5.69 Å². The average molecular weight is 595 g/mol. The SMILES string of the molecule is O=C(CSc1nnc(CNC(=O)c2ccc(S(=O)(=O)N3CCCC3)cc2)n1-c1ccccc1)Nc1ccc(F)cc1. The van der Waals surface area contributed by atoms with E-state index in [1.165, 1.54) is 64.6 Å². The van der Waals surface area contributed by atoms with Crippen LogP contribution in [0.3, 0.4) is 0 Å². The zero-order valence-electron chi connectivity index (χ0n) is 21.9. The van der Waals surface area contributed by atoms with Gasteiger partial charge in [0.25, 0.3) is 5.91 Å². The van der Waals surface area contributed by atoms with E-state index in [2.05, 4.69) is 20.8 Å². The number of thioether (sulfide) groups is 1. The molecular weight excluding hydrogens is 567 g/mol. The van der Waals surface area contributed by atoms with Gasteiger partial charge in [-0.15, -0.1) is 10.2 Å². The summed E-state index contributed by atoms with van der Waals surface area (Å²) in [5.41, 5.74) is 1.54. The van der Waals surface area contributed by atoms with Crippen molar-refractivity contribution in [3.63, 3.8) is 0 Å². The van der Waals surface area contributed by atoms with Crippen molar-refractivity contribution in [2.24, 2.45) is 0 Å². The van der Waals surface area contributed by atoms with Crippen molar-refractivity contribution in [2.45, 2.75) is 29.4 Å². The Morgan fingerprint density at radius 3 is 2.27 bits per heavy atom. The fourth-order valence-corrected chi connectivity index (χ4v) is 6.61. The number of amides is 2. The number of hydrogen-bond donors (Lipinski definition) is 2. The molecule has 13 heteroatoms. The van der Waals surface area contributed by atoms with Crippen LogP contribution in [-0.4, -0.2) is 58.1 Å². The van der Waals surface area contributed by atoms with Crippen molar-refractivity contribution in [3.8, 4) is 5.69 Å². The molecule has 1 aliphatic rings. The van der Waals surface area contributed by atoms with Crippen LogP contribution in [0.4, 0.5) is 10.1 Å². The van der Waals surface area contributed by atoms with E-state index >= 15 is 0 Å². The molecule has 1 aliphatic heterocycles. The smallest absolute Gasteiger partial charge is 0.251 e. The lowest BCUT2D eigenvalue weighted by atomic mass is 10.2. The molecule has 3 aromatic carbocycles. The summed E-state index contributed by atoms with van der Waals surface area (Å²) in [5.74, 6) is -0.615. The van der Waals surface area contributed by atoms with Gasteiger partial charge in [0.05, 0.1) is 17.2 Å². The number of sulfonamides is 1. The zero-order valence-corrected chi connectivity index (χ0v) is 23.5. The third-order valence-corrected chi connectivity index (χ3v) is 9.24. The second-order valence-corrected chi connectivity index (χ2v) is 12.1. The number of anilines is 1. The molecule has 1 fully saturated rings. The van der Waals surface area contributed by atoms with Crippen molar-refractivity contribution >= 4 is 39.3 Å². The molecule has 0 radical (unpaired) electrons. The van der Waals surface area contributed by atoms with Crippen LogP contribution in [0.2, 0.25) is 0 Å². The lowest BCUT2D eigenvalue weighted by Crippen LogP contribution is -2.28. The van der Waals surface area contributed by atoms with Gasteiger partial charge in [-0.2, -0.15) is 4.31 Å². The van der Waals surface area contributed by atoms with E-state index in [0.717, 1.165) is 18.5 Å². The Bertz CT molecular complexity index is 1620. The van der Waals surface area contributed by atoms with Crippen LogP contribution >= 0.6 is 11.8 Å². The van der Waals surface area contributed by atoms with E-state index in [-0.39, 0.29) is 23.1 Å². The van der Waals surface area contributed by atoms with Crippen molar-refractivity contribution < 1.29 is 22.4 Å². The lowest BCUT2D eigenvalue weighted by molar-refractivity contribution is -0.113. The summed E-state index contributed by atoms with van der Waals surface area (Å²) in [6, 6.07) is 20.6. The summed E-state index contributed by atoms with van der Waals surface area (Å²) in [4.78, 5) is 25.5. The standard InChI is InChI=1S/C28H27FN6O4S2/c29-21-10-12-22(13-11-21)31-26(36)19-40-28-33-32-25(35(28)23-6-2-1-3-7-23)18-30-27(37)20-8-14-24(15-9-20)41(38,39)34-16-4-5-17-34/h1-3,6-15H,4-5,16-19H2,(H,30,37)(H,31,36). The summed E-state index contributed by atoms with van der Waals surface area (Å²) in [7, 11) is -3.57. The predicted octanol–water partition coefficient (Wildman–Crippen LogP) is 3.85. The maximum atomic E-state index is 13.1. The summed E-state index contributed by atoms with van der Waals surface area (Å²) in [6.07, 6.45) is 1.69. The molecule has 5 rings (SSSR count). The van der Waals surface area contributed by atoms with E-state index in [1.54, 1.807) is 4.57 Å². The van der Waals surface area contributed by atoms with Crippen molar-refractivity contribution in [1.29, 1.82) is 0 Å². The molecule has 0 unspecified atom stereocenters. The van der Waals surface area contributed by atoms with Gasteiger partial charge in [0.2, 0.25) is 15.9 Å². The quantitative estimate of drug-likeness (QED) is 0.267. The number of nitrogens with one attached hydrogen (secondary N) is 2. The van der Waals surface area contributed by atoms with E-state index in [1.807, 2.05) is 30.3 Å². The molecule has 1 aromatic heterocycles. The largest absolute Gasteiger partial charge is 0.345 e. The lowest BCUT2D eigenvalue weighted by Gasteiger charge is -2.15. The number of hydrogen-bond acceptors (Lipinski definition) is 7. The number of benzene rings is 3. The third-order valence-electron chi connectivity index (χ3n) is 6.40. The normalized spacial score (nSPS) is 13.7. The molecule has 0 spiro atoms. The minimum absolute atomic E-state index is 0.0292. The van der Waals surface area contributed by atoms with Gasteiger partial charge in [0.1, 0.15) is 5.82 Å². The van der Waals surface area contributed by atoms with E-state index in [4.69, 9.17) is 0 Å². The minimum atomic E-state index is -3.57. The Morgan fingerprint density at radius 2 is 1.59 bits per heavy atom. The average Bonchev–Trinajstić information content (AvgIpc) is 3.68. The molecule has 0 aliphatic carbocycles. The van der Waals surface area contributed by atoms with Crippen LogP contribution in [-0.2, 0) is 21.4 Å². The van der Waals surface area contributed by atoms with Gasteiger partial charge in [-0.25, -0.2) is 12.8 Å². The molecule has 10 nitrogen and oxygen atoms in total. The number of carbonyl (C=O) groups excluding carboxylic acids is 2. The Kier molecular flexibility index (Phi) is 8.76. The van der Waals surface area contributed by atoms with E-state index < -0.39 is 21.7 Å². The first-order valence-corrected chi connectivity index (χ1v) is 15.3. The number of halogens is 1. The highest BCUT2D eigenvalue weighted by molar-refractivity contribution is 7.99. The number of rotatable bonds is 10. The van der Waals surface area contributed by atoms with Crippen LogP contribution < -0.4 is 10.6 Å². The number of nitrogens with zero attached hydrogens (tertiary/aromatic N) is 4. The highest BCUT2D eigenvalue weighted by Crippen LogP contribution is 2.23. The molecule has 0 atom stereocenters. The molecule has 4 aromatic rings. The maximum absolute atomic E-state index is 13.1. The monoisotopic (exact) mass is 594 g/mol. The van der Waals surface area contributed by atoms with Crippen molar-refractivity contribution in [2.75, 3.05) is 24.2 Å². The molecule has 0 saturated carbocycles. The van der Waals surface area contributed by atoms with Gasteiger partial charge in [-0.1, -0.05) is 30.0 Å². The topological polar surface area (TPSA) is 126 Å². The second kappa shape index (κ2) is 12.6. The highest BCUT2D eigenvalue weighted by atomic mass is 32.2. The van der Waals surface area contributed by atoms with Gasteiger partial charge in [0.15, 0.2) is 11.0 Å². The molecule has 212 valence electrons. The number of carbonyl (C=O) groups is 2. The molecule has 2 heterocycles. The Morgan fingerprint density at radius 1 is 0.902 bits per heavy atom. The first-order valence-electron chi connectivity index (χ1n) is 12.9. The highest BCUT2D eigenvalue weighted by Gasteiger charge is 2.27. The van der Waals surface area contributed by atoms with Crippen LogP contribution in [0, 0.1) is 5.82 Å². The first kappa shape index (κ1) is 28.5. The van der Waals surface area contributed by atoms with Gasteiger partial charge in [-0.05, 0) is 73.5 Å². The molecule has 2 N–H and O–H groups in total. The summed E-state index contributed by atoms with van der Waals surface area (Å²) in [6.45, 7) is 1.05. The zero-order chi connectivity index (χ0) is 28.8. The minimum Gasteiger partial charge on any atom is -0.345 e. The van der Waals surface area contributed by atoms with E-state index in [9.17, 15) is 22.4 Å². The second-order valence-electron chi connectivity index (χ2n) is 9.23. The Balaban J connectivity index is 1.26. The van der Waals surface area contributed by atoms with Gasteiger partial charge < -0.3 is 10.6 Å². The first-order chi connectivity index (χ1) is 19.8. The van der Waals surface area contributed by atoms with E-state index in [0.29, 0.717) is 35.3 Å². The molecule has 41 heavy (non-hydrogen) atoms. The van der Waals surface area contributed by atoms with Gasteiger partial charge >= 0.3 is 0 Å². The fourth-order valence-electron chi connectivity index (χ4n) is 4.32. The Labute approximate surface area is 241 Å². The van der Waals surface area contributed by atoms with Crippen LogP contribution in [0.1, 0.15) is 29.0 Å². The predicted molar refractivity (Wildman–Crippen MR) is 153 cm³/mol. The number of aromatic nitrogens is 3. The maximum Gasteiger partial charge on any atom is 0.251 e. The van der Waals surface area contributed by atoms with Gasteiger partial charge in [-0.3, -0.25) is 14.2 Å². The third kappa shape index (κ3) is 6.81. The summed E-state index contributed by atoms with van der Waals surface area (Å²) in [5, 5.41) is 14.4. The molecular formula is C28H27FN6O4S2.